The van der Waals surface area contributed by atoms with Crippen LogP contribution in [0.25, 0.3) is 5.57 Å². The van der Waals surface area contributed by atoms with Crippen LogP contribution in [0.15, 0.2) is 78.9 Å². The summed E-state index contributed by atoms with van der Waals surface area (Å²) in [5.74, 6) is 0. The predicted octanol–water partition coefficient (Wildman–Crippen LogP) is 5.23. The molecule has 2 aromatic carbocycles. The Morgan fingerprint density at radius 1 is 0.900 bits per heavy atom. The number of anilines is 1. The molecule has 1 aliphatic carbocycles. The van der Waals surface area contributed by atoms with Gasteiger partial charge in [0.2, 0.25) is 0 Å². The molecule has 2 heteroatoms. The molecule has 0 amide bonds. The van der Waals surface area contributed by atoms with Gasteiger partial charge >= 0.3 is 0 Å². The molecule has 3 rings (SSSR count). The van der Waals surface area contributed by atoms with Crippen LogP contribution in [0.3, 0.4) is 0 Å². The van der Waals surface area contributed by atoms with Gasteiger partial charge in [0.15, 0.2) is 0 Å². The lowest BCUT2D eigenvalue weighted by molar-refractivity contribution is 0.835. The summed E-state index contributed by atoms with van der Waals surface area (Å²) in [5.41, 5.74) is 3.65. The first kappa shape index (κ1) is 13.2. The lowest BCUT2D eigenvalue weighted by atomic mass is 9.97. The molecule has 1 unspecified atom stereocenters. The molecule has 0 saturated heterocycles. The quantitative estimate of drug-likeness (QED) is 0.601. The number of alkyl halides is 1. The minimum absolute atomic E-state index is 0.202. The second-order valence-electron chi connectivity index (χ2n) is 4.92. The first-order valence-electron chi connectivity index (χ1n) is 6.72. The molecular weight excluding hydrogens is 310 g/mol. The summed E-state index contributed by atoms with van der Waals surface area (Å²) in [6, 6.07) is 20.7. The molecule has 0 bridgehead atoms. The van der Waals surface area contributed by atoms with Gasteiger partial charge in [0, 0.05) is 12.1 Å². The third-order valence-corrected chi connectivity index (χ3v) is 4.17. The minimum Gasteiger partial charge on any atom is -0.367 e. The van der Waals surface area contributed by atoms with Gasteiger partial charge in [0.1, 0.15) is 4.45 Å². The number of rotatable bonds is 3. The third-order valence-electron chi connectivity index (χ3n) is 3.38. The van der Waals surface area contributed by atoms with E-state index in [2.05, 4.69) is 75.9 Å². The van der Waals surface area contributed by atoms with Gasteiger partial charge in [0.05, 0.1) is 0 Å². The Kier molecular flexibility index (Phi) is 3.75. The van der Waals surface area contributed by atoms with Crippen LogP contribution in [0.4, 0.5) is 5.69 Å². The van der Waals surface area contributed by atoms with E-state index in [0.29, 0.717) is 0 Å². The zero-order chi connectivity index (χ0) is 13.8. The Morgan fingerprint density at radius 3 is 2.15 bits per heavy atom. The summed E-state index contributed by atoms with van der Waals surface area (Å²) in [5, 5.41) is 3.51. The van der Waals surface area contributed by atoms with Crippen LogP contribution in [0.2, 0.25) is 0 Å². The standard InChI is InChI=1S/C18H16BrN/c19-18(20-17-9-5-2-6-10-17)13-11-16(12-14-18)15-7-3-1-4-8-15/h1-13,20H,14H2. The number of allylic oxidation sites excluding steroid dienone is 2. The Hall–Kier alpha value is -1.80. The van der Waals surface area contributed by atoms with E-state index in [4.69, 9.17) is 0 Å². The summed E-state index contributed by atoms with van der Waals surface area (Å²) in [6.45, 7) is 0. The predicted molar refractivity (Wildman–Crippen MR) is 89.9 cm³/mol. The molecular formula is C18H16BrN. The van der Waals surface area contributed by atoms with Crippen molar-refractivity contribution in [2.24, 2.45) is 0 Å². The fraction of sp³-hybridized carbons (Fsp3) is 0.111. The highest BCUT2D eigenvalue weighted by Gasteiger charge is 2.24. The molecule has 1 atom stereocenters. The fourth-order valence-electron chi connectivity index (χ4n) is 2.32. The Balaban J connectivity index is 1.75. The number of hydrogen-bond acceptors (Lipinski definition) is 1. The van der Waals surface area contributed by atoms with Gasteiger partial charge in [-0.3, -0.25) is 0 Å². The van der Waals surface area contributed by atoms with Gasteiger partial charge in [-0.1, -0.05) is 76.6 Å². The van der Waals surface area contributed by atoms with Crippen LogP contribution >= 0.6 is 15.9 Å². The normalized spacial score (nSPS) is 21.4. The smallest absolute Gasteiger partial charge is 0.115 e. The molecule has 1 aliphatic rings. The van der Waals surface area contributed by atoms with Crippen LogP contribution in [0.5, 0.6) is 0 Å². The molecule has 20 heavy (non-hydrogen) atoms. The number of hydrogen-bond donors (Lipinski definition) is 1. The molecule has 0 saturated carbocycles. The molecule has 0 radical (unpaired) electrons. The van der Waals surface area contributed by atoms with E-state index in [1.54, 1.807) is 0 Å². The largest absolute Gasteiger partial charge is 0.367 e. The molecule has 1 N–H and O–H groups in total. The number of para-hydroxylation sites is 1. The summed E-state index contributed by atoms with van der Waals surface area (Å²) in [7, 11) is 0. The highest BCUT2D eigenvalue weighted by Crippen LogP contribution is 2.33. The fourth-order valence-corrected chi connectivity index (χ4v) is 2.84. The maximum atomic E-state index is 3.79. The maximum absolute atomic E-state index is 3.79. The van der Waals surface area contributed by atoms with E-state index in [-0.39, 0.29) is 4.45 Å². The first-order chi connectivity index (χ1) is 9.75. The summed E-state index contributed by atoms with van der Waals surface area (Å²) < 4.78 is -0.202. The first-order valence-corrected chi connectivity index (χ1v) is 7.51. The van der Waals surface area contributed by atoms with Crippen LogP contribution in [0.1, 0.15) is 12.0 Å². The van der Waals surface area contributed by atoms with Crippen molar-refractivity contribution in [2.45, 2.75) is 10.9 Å². The van der Waals surface area contributed by atoms with Crippen molar-refractivity contribution in [3.8, 4) is 0 Å². The van der Waals surface area contributed by atoms with E-state index in [0.717, 1.165) is 12.1 Å². The molecule has 1 nitrogen and oxygen atoms in total. The van der Waals surface area contributed by atoms with Crippen LogP contribution in [0, 0.1) is 0 Å². The van der Waals surface area contributed by atoms with E-state index < -0.39 is 0 Å². The van der Waals surface area contributed by atoms with E-state index in [9.17, 15) is 0 Å². The topological polar surface area (TPSA) is 12.0 Å². The summed E-state index contributed by atoms with van der Waals surface area (Å²) in [4.78, 5) is 0. The van der Waals surface area contributed by atoms with Gasteiger partial charge in [-0.05, 0) is 29.3 Å². The molecule has 2 aromatic rings. The minimum atomic E-state index is -0.202. The lowest BCUT2D eigenvalue weighted by Crippen LogP contribution is -2.29. The average molecular weight is 326 g/mol. The molecule has 0 spiro atoms. The van der Waals surface area contributed by atoms with Crippen LogP contribution < -0.4 is 5.32 Å². The van der Waals surface area contributed by atoms with E-state index in [1.807, 2.05) is 24.3 Å². The van der Waals surface area contributed by atoms with Crippen molar-refractivity contribution >= 4 is 27.2 Å². The second-order valence-corrected chi connectivity index (χ2v) is 6.33. The summed E-state index contributed by atoms with van der Waals surface area (Å²) >= 11 is 3.79. The van der Waals surface area contributed by atoms with Gasteiger partial charge in [-0.2, -0.15) is 0 Å². The zero-order valence-corrected chi connectivity index (χ0v) is 12.7. The van der Waals surface area contributed by atoms with Crippen molar-refractivity contribution < 1.29 is 0 Å². The van der Waals surface area contributed by atoms with Crippen LogP contribution in [-0.4, -0.2) is 4.45 Å². The third kappa shape index (κ3) is 3.02. The second kappa shape index (κ2) is 5.68. The summed E-state index contributed by atoms with van der Waals surface area (Å²) in [6.07, 6.45) is 7.52. The van der Waals surface area contributed by atoms with Gasteiger partial charge in [-0.25, -0.2) is 0 Å². The van der Waals surface area contributed by atoms with Crippen molar-refractivity contribution in [2.75, 3.05) is 5.32 Å². The highest BCUT2D eigenvalue weighted by molar-refractivity contribution is 9.10. The van der Waals surface area contributed by atoms with Crippen LogP contribution in [-0.2, 0) is 0 Å². The van der Waals surface area contributed by atoms with Crippen molar-refractivity contribution in [1.82, 2.24) is 0 Å². The SMILES string of the molecule is BrC1(Nc2ccccc2)C=CC(c2ccccc2)=CC1. The zero-order valence-electron chi connectivity index (χ0n) is 11.1. The molecule has 0 fully saturated rings. The van der Waals surface area contributed by atoms with Gasteiger partial charge in [0.25, 0.3) is 0 Å². The maximum Gasteiger partial charge on any atom is 0.115 e. The van der Waals surface area contributed by atoms with Gasteiger partial charge in [-0.15, -0.1) is 0 Å². The molecule has 100 valence electrons. The van der Waals surface area contributed by atoms with Crippen molar-refractivity contribution in [3.63, 3.8) is 0 Å². The number of halogens is 1. The van der Waals surface area contributed by atoms with E-state index >= 15 is 0 Å². The van der Waals surface area contributed by atoms with Gasteiger partial charge < -0.3 is 5.32 Å². The Morgan fingerprint density at radius 2 is 1.55 bits per heavy atom. The highest BCUT2D eigenvalue weighted by atomic mass is 79.9. The Bertz CT molecular complexity index is 631. The molecule has 0 aliphatic heterocycles. The average Bonchev–Trinajstić information content (AvgIpc) is 2.50. The Labute approximate surface area is 128 Å². The van der Waals surface area contributed by atoms with Crippen molar-refractivity contribution in [3.05, 3.63) is 84.5 Å². The van der Waals surface area contributed by atoms with E-state index in [1.165, 1.54) is 11.1 Å². The number of nitrogens with one attached hydrogen (secondary N) is 1. The monoisotopic (exact) mass is 325 g/mol. The number of benzene rings is 2. The molecule has 0 heterocycles. The van der Waals surface area contributed by atoms with Crippen molar-refractivity contribution in [1.29, 1.82) is 0 Å². The lowest BCUT2D eigenvalue weighted by Gasteiger charge is -2.28. The molecule has 0 aromatic heterocycles.